The van der Waals surface area contributed by atoms with Gasteiger partial charge < -0.3 is 14.8 Å². The van der Waals surface area contributed by atoms with E-state index in [2.05, 4.69) is 4.98 Å². The van der Waals surface area contributed by atoms with Crippen molar-refractivity contribution in [3.05, 3.63) is 47.8 Å². The number of fused-ring (bicyclic) bond motifs is 1. The molecule has 2 aromatic heterocycles. The third kappa shape index (κ3) is 2.03. The zero-order chi connectivity index (χ0) is 15.1. The van der Waals surface area contributed by atoms with E-state index in [0.717, 1.165) is 22.2 Å². The lowest BCUT2D eigenvalue weighted by molar-refractivity contribution is 0.0696. The summed E-state index contributed by atoms with van der Waals surface area (Å²) in [5, 5.41) is 19.5. The van der Waals surface area contributed by atoms with Crippen molar-refractivity contribution in [1.29, 1.82) is 0 Å². The Kier molecular flexibility index (Phi) is 2.90. The fraction of sp³-hybridized carbons (Fsp3) is 0.125. The number of carbonyl (C=O) groups is 1. The minimum absolute atomic E-state index is 0.152. The van der Waals surface area contributed by atoms with Gasteiger partial charge in [0.2, 0.25) is 0 Å². The number of aryl methyl sites for hydroxylation is 1. The first-order chi connectivity index (χ1) is 9.99. The van der Waals surface area contributed by atoms with Crippen LogP contribution in [0.5, 0.6) is 5.75 Å². The van der Waals surface area contributed by atoms with Crippen LogP contribution >= 0.6 is 0 Å². The maximum Gasteiger partial charge on any atom is 0.337 e. The number of phenols is 1. The lowest BCUT2D eigenvalue weighted by Crippen LogP contribution is -1.97. The van der Waals surface area contributed by atoms with Crippen LogP contribution in [0.1, 0.15) is 16.1 Å². The molecule has 0 fully saturated rings. The number of benzene rings is 1. The Hall–Kier alpha value is -2.82. The highest BCUT2D eigenvalue weighted by Gasteiger charge is 2.15. The molecule has 106 valence electrons. The summed E-state index contributed by atoms with van der Waals surface area (Å²) in [5.74, 6) is -0.808. The Morgan fingerprint density at radius 3 is 2.62 bits per heavy atom. The van der Waals surface area contributed by atoms with Crippen LogP contribution in [-0.2, 0) is 7.05 Å². The van der Waals surface area contributed by atoms with Gasteiger partial charge >= 0.3 is 5.97 Å². The van der Waals surface area contributed by atoms with Crippen molar-refractivity contribution >= 4 is 16.9 Å². The topological polar surface area (TPSA) is 75.3 Å². The molecule has 0 saturated heterocycles. The van der Waals surface area contributed by atoms with E-state index >= 15 is 0 Å². The summed E-state index contributed by atoms with van der Waals surface area (Å²) in [7, 11) is 1.95. The van der Waals surface area contributed by atoms with Crippen molar-refractivity contribution in [3.63, 3.8) is 0 Å². The minimum Gasteiger partial charge on any atom is -0.508 e. The molecule has 0 aliphatic carbocycles. The van der Waals surface area contributed by atoms with Gasteiger partial charge in [-0.15, -0.1) is 0 Å². The van der Waals surface area contributed by atoms with Gasteiger partial charge in [-0.05, 0) is 37.3 Å². The predicted molar refractivity (Wildman–Crippen MR) is 79.5 cm³/mol. The average molecular weight is 282 g/mol. The van der Waals surface area contributed by atoms with Gasteiger partial charge in [-0.2, -0.15) is 0 Å². The summed E-state index contributed by atoms with van der Waals surface area (Å²) >= 11 is 0. The number of rotatable bonds is 2. The maximum absolute atomic E-state index is 10.9. The molecule has 0 atom stereocenters. The van der Waals surface area contributed by atoms with E-state index in [1.54, 1.807) is 18.2 Å². The SMILES string of the molecule is Cc1c(-c2ccc(C(=O)O)cn2)c2cc(O)ccc2n1C. The van der Waals surface area contributed by atoms with Crippen LogP contribution in [0.2, 0.25) is 0 Å². The Balaban J connectivity index is 2.26. The summed E-state index contributed by atoms with van der Waals surface area (Å²) < 4.78 is 2.02. The third-order valence-corrected chi connectivity index (χ3v) is 3.74. The molecule has 1 aromatic carbocycles. The molecule has 5 heteroatoms. The van der Waals surface area contributed by atoms with E-state index in [9.17, 15) is 9.90 Å². The molecule has 0 saturated carbocycles. The fourth-order valence-electron chi connectivity index (χ4n) is 2.55. The first-order valence-corrected chi connectivity index (χ1v) is 6.46. The van der Waals surface area contributed by atoms with Crippen LogP contribution < -0.4 is 0 Å². The third-order valence-electron chi connectivity index (χ3n) is 3.74. The molecule has 0 radical (unpaired) electrons. The van der Waals surface area contributed by atoms with Crippen LogP contribution in [-0.4, -0.2) is 25.7 Å². The molecule has 3 aromatic rings. The van der Waals surface area contributed by atoms with Gasteiger partial charge in [0.25, 0.3) is 0 Å². The molecule has 0 spiro atoms. The van der Waals surface area contributed by atoms with Crippen molar-refractivity contribution in [2.24, 2.45) is 7.05 Å². The normalized spacial score (nSPS) is 11.0. The Bertz CT molecular complexity index is 848. The number of aromatic nitrogens is 2. The van der Waals surface area contributed by atoms with Crippen molar-refractivity contribution in [2.45, 2.75) is 6.92 Å². The van der Waals surface area contributed by atoms with Crippen LogP contribution in [0.15, 0.2) is 36.5 Å². The van der Waals surface area contributed by atoms with Gasteiger partial charge in [0.05, 0.1) is 11.3 Å². The average Bonchev–Trinajstić information content (AvgIpc) is 2.70. The molecule has 5 nitrogen and oxygen atoms in total. The predicted octanol–water partition coefficient (Wildman–Crippen LogP) is 2.95. The summed E-state index contributed by atoms with van der Waals surface area (Å²) in [6.07, 6.45) is 1.35. The van der Waals surface area contributed by atoms with Crippen LogP contribution in [0.25, 0.3) is 22.2 Å². The van der Waals surface area contributed by atoms with Crippen molar-refractivity contribution in [1.82, 2.24) is 9.55 Å². The number of nitrogens with zero attached hydrogens (tertiary/aromatic N) is 2. The van der Waals surface area contributed by atoms with Gasteiger partial charge in [0.1, 0.15) is 5.75 Å². The summed E-state index contributed by atoms with van der Waals surface area (Å²) in [6, 6.07) is 8.42. The fourth-order valence-corrected chi connectivity index (χ4v) is 2.55. The van der Waals surface area contributed by atoms with E-state index in [-0.39, 0.29) is 11.3 Å². The monoisotopic (exact) mass is 282 g/mol. The van der Waals surface area contributed by atoms with Crippen LogP contribution in [0.4, 0.5) is 0 Å². The largest absolute Gasteiger partial charge is 0.508 e. The number of carboxylic acid groups (broad SMARTS) is 1. The van der Waals surface area contributed by atoms with Gasteiger partial charge in [-0.3, -0.25) is 4.98 Å². The first-order valence-electron chi connectivity index (χ1n) is 6.46. The van der Waals surface area contributed by atoms with E-state index in [0.29, 0.717) is 5.69 Å². The summed E-state index contributed by atoms with van der Waals surface area (Å²) in [6.45, 7) is 1.97. The molecule has 2 heterocycles. The molecule has 2 N–H and O–H groups in total. The van der Waals surface area contributed by atoms with E-state index in [4.69, 9.17) is 5.11 Å². The smallest absolute Gasteiger partial charge is 0.337 e. The first kappa shape index (κ1) is 13.2. The number of aromatic hydroxyl groups is 1. The molecule has 0 aliphatic rings. The highest BCUT2D eigenvalue weighted by atomic mass is 16.4. The minimum atomic E-state index is -0.999. The second kappa shape index (κ2) is 4.63. The van der Waals surface area contributed by atoms with Gasteiger partial charge in [-0.25, -0.2) is 4.79 Å². The number of hydrogen-bond acceptors (Lipinski definition) is 3. The van der Waals surface area contributed by atoms with Gasteiger partial charge in [0.15, 0.2) is 0 Å². The van der Waals surface area contributed by atoms with Crippen molar-refractivity contribution in [2.75, 3.05) is 0 Å². The van der Waals surface area contributed by atoms with Crippen LogP contribution in [0, 0.1) is 6.92 Å². The number of hydrogen-bond donors (Lipinski definition) is 2. The number of phenolic OH excluding ortho intramolecular Hbond substituents is 1. The highest BCUT2D eigenvalue weighted by molar-refractivity contribution is 5.98. The molecule has 0 amide bonds. The Morgan fingerprint density at radius 2 is 2.00 bits per heavy atom. The molecule has 3 rings (SSSR count). The van der Waals surface area contributed by atoms with Crippen molar-refractivity contribution < 1.29 is 15.0 Å². The van der Waals surface area contributed by atoms with E-state index in [1.807, 2.05) is 24.6 Å². The Morgan fingerprint density at radius 1 is 1.24 bits per heavy atom. The second-order valence-corrected chi connectivity index (χ2v) is 4.96. The van der Waals surface area contributed by atoms with Crippen LogP contribution in [0.3, 0.4) is 0 Å². The molecular weight excluding hydrogens is 268 g/mol. The van der Waals surface area contributed by atoms with E-state index in [1.165, 1.54) is 12.3 Å². The molecule has 21 heavy (non-hydrogen) atoms. The molecule has 0 bridgehead atoms. The zero-order valence-corrected chi connectivity index (χ0v) is 11.7. The van der Waals surface area contributed by atoms with Gasteiger partial charge in [0, 0.05) is 35.4 Å². The number of carboxylic acids is 1. The number of pyridine rings is 1. The molecule has 0 unspecified atom stereocenters. The standard InChI is InChI=1S/C16H14N2O3/c1-9-15(13-5-3-10(8-17-13)16(20)21)12-7-11(19)4-6-14(12)18(9)2/h3-8,19H,1-2H3,(H,20,21). The maximum atomic E-state index is 10.9. The Labute approximate surface area is 121 Å². The lowest BCUT2D eigenvalue weighted by Gasteiger charge is -2.03. The molecular formula is C16H14N2O3. The lowest BCUT2D eigenvalue weighted by atomic mass is 10.1. The van der Waals surface area contributed by atoms with E-state index < -0.39 is 5.97 Å². The van der Waals surface area contributed by atoms with Gasteiger partial charge in [-0.1, -0.05) is 0 Å². The number of aromatic carboxylic acids is 1. The summed E-state index contributed by atoms with van der Waals surface area (Å²) in [4.78, 5) is 15.1. The second-order valence-electron chi connectivity index (χ2n) is 4.96. The summed E-state index contributed by atoms with van der Waals surface area (Å²) in [5.41, 5.74) is 3.74. The highest BCUT2D eigenvalue weighted by Crippen LogP contribution is 2.34. The zero-order valence-electron chi connectivity index (χ0n) is 11.7. The molecule has 0 aliphatic heterocycles. The quantitative estimate of drug-likeness (QED) is 0.757. The van der Waals surface area contributed by atoms with Crippen molar-refractivity contribution in [3.8, 4) is 17.0 Å².